The zero-order valence-corrected chi connectivity index (χ0v) is 8.26. The Labute approximate surface area is 61.4 Å². The van der Waals surface area contributed by atoms with E-state index in [1.807, 2.05) is 0 Å². The quantitative estimate of drug-likeness (QED) is 0.425. The van der Waals surface area contributed by atoms with E-state index in [9.17, 15) is 0 Å². The second-order valence-electron chi connectivity index (χ2n) is 1.07. The summed E-state index contributed by atoms with van der Waals surface area (Å²) in [6.45, 7) is 0. The van der Waals surface area contributed by atoms with Crippen LogP contribution in [0.5, 0.6) is 0 Å². The van der Waals surface area contributed by atoms with Crippen molar-refractivity contribution in [2.24, 2.45) is 0 Å². The third-order valence-electron chi connectivity index (χ3n) is 0.841. The van der Waals surface area contributed by atoms with Crippen LogP contribution in [0.15, 0.2) is 0 Å². The Kier molecular flexibility index (Phi) is 4.67. The first-order chi connectivity index (χ1) is 4.24. The van der Waals surface area contributed by atoms with Crippen molar-refractivity contribution in [3.05, 3.63) is 0 Å². The molecule has 0 bridgehead atoms. The van der Waals surface area contributed by atoms with Gasteiger partial charge in [-0.3, -0.25) is 0 Å². The number of hydrogen-bond donors (Lipinski definition) is 1. The minimum atomic E-state index is -2.84. The maximum absolute atomic E-state index is 5.01. The van der Waals surface area contributed by atoms with Gasteiger partial charge in [-0.05, 0) is 0 Å². The van der Waals surface area contributed by atoms with Crippen LogP contribution in [0, 0.1) is 0 Å². The van der Waals surface area contributed by atoms with Gasteiger partial charge in [-0.1, -0.05) is 0 Å². The number of halogens is 1. The van der Waals surface area contributed by atoms with Gasteiger partial charge in [0.15, 0.2) is 0 Å². The van der Waals surface area contributed by atoms with Crippen molar-refractivity contribution in [1.29, 1.82) is 0 Å². The van der Waals surface area contributed by atoms with Gasteiger partial charge >= 0.3 is 61.1 Å². The van der Waals surface area contributed by atoms with Gasteiger partial charge in [0.25, 0.3) is 0 Å². The van der Waals surface area contributed by atoms with Crippen molar-refractivity contribution < 1.29 is 29.2 Å². The molecule has 0 unspecified atom stereocenters. The topological polar surface area (TPSA) is 39.7 Å². The molecule has 60 valence electrons. The minimum absolute atomic E-state index is 1.57. The molecule has 0 fully saturated rings. The number of nitrogens with one attached hydrogen (secondary N) is 1. The van der Waals surface area contributed by atoms with Gasteiger partial charge in [0.05, 0.1) is 0 Å². The van der Waals surface area contributed by atoms with E-state index < -0.39 is 20.0 Å². The molecule has 0 rings (SSSR count). The van der Waals surface area contributed by atoms with Gasteiger partial charge in [-0.25, -0.2) is 0 Å². The van der Waals surface area contributed by atoms with Gasteiger partial charge < -0.3 is 0 Å². The number of hydrogen-bond acceptors (Lipinski definition) is 4. The summed E-state index contributed by atoms with van der Waals surface area (Å²) >= 11 is -2.84. The van der Waals surface area contributed by atoms with E-state index >= 15 is 0 Å². The van der Waals surface area contributed by atoms with E-state index in [-0.39, 0.29) is 0 Å². The summed E-state index contributed by atoms with van der Waals surface area (Å²) < 4.78 is 17.9. The molecule has 1 N–H and O–H groups in total. The summed E-state index contributed by atoms with van der Waals surface area (Å²) in [7, 11) is 6.47. The van der Waals surface area contributed by atoms with Crippen LogP contribution in [0.4, 0.5) is 0 Å². The Hall–Kier alpha value is 0.570. The Bertz CT molecular complexity index is 58.7. The molecule has 0 aromatic rings. The van der Waals surface area contributed by atoms with Crippen LogP contribution < -0.4 is 23.5 Å². The van der Waals surface area contributed by atoms with Gasteiger partial charge in [0, 0.05) is 0 Å². The number of rotatable bonds is 4. The molecule has 0 aliphatic heterocycles. The van der Waals surface area contributed by atoms with Crippen LogP contribution in [0.2, 0.25) is 0 Å². The van der Waals surface area contributed by atoms with Crippen molar-refractivity contribution in [2.75, 3.05) is 28.4 Å². The maximum atomic E-state index is 5.01. The molecular weight excluding hydrogens is 237 g/mol. The molecule has 0 heterocycles. The van der Waals surface area contributed by atoms with Crippen LogP contribution in [-0.2, 0) is 9.20 Å². The summed E-state index contributed by atoms with van der Waals surface area (Å²) in [4.78, 5) is 0. The first-order valence-electron chi connectivity index (χ1n) is 2.38. The van der Waals surface area contributed by atoms with Crippen LogP contribution in [-0.4, -0.2) is 28.4 Å². The fourth-order valence-corrected chi connectivity index (χ4v) is 2.82. The Balaban J connectivity index is 3.82. The standard InChI is InChI=1S/C4H13INO3/c1-6-5(7-2,8-3)9-4/h6H,1-4H3/q-1. The van der Waals surface area contributed by atoms with Gasteiger partial charge in [-0.15, -0.1) is 0 Å². The second-order valence-corrected chi connectivity index (χ2v) is 7.19. The van der Waals surface area contributed by atoms with E-state index in [1.54, 1.807) is 28.4 Å². The van der Waals surface area contributed by atoms with Crippen LogP contribution in [0.25, 0.3) is 0 Å². The molecule has 0 aliphatic carbocycles. The molecule has 0 radical (unpaired) electrons. The summed E-state index contributed by atoms with van der Waals surface area (Å²) in [5.41, 5.74) is 0. The van der Waals surface area contributed by atoms with Crippen molar-refractivity contribution in [1.82, 2.24) is 3.53 Å². The van der Waals surface area contributed by atoms with Gasteiger partial charge in [0.2, 0.25) is 0 Å². The summed E-state index contributed by atoms with van der Waals surface area (Å²) in [6.07, 6.45) is 0. The predicted molar refractivity (Wildman–Crippen MR) is 30.1 cm³/mol. The molecular formula is C4H13INO3-. The molecule has 0 saturated heterocycles. The van der Waals surface area contributed by atoms with E-state index in [0.717, 1.165) is 0 Å². The molecule has 0 aliphatic rings. The average Bonchev–Trinajstić information content (AvgIpc) is 1.95. The molecule has 5 heteroatoms. The zero-order valence-electron chi connectivity index (χ0n) is 6.10. The molecule has 0 saturated carbocycles. The van der Waals surface area contributed by atoms with Crippen LogP contribution in [0.3, 0.4) is 0 Å². The Morgan fingerprint density at radius 2 is 1.33 bits per heavy atom. The SMILES string of the molecule is CN[I-](OC)(OC)OC. The first kappa shape index (κ1) is 9.57. The van der Waals surface area contributed by atoms with E-state index in [4.69, 9.17) is 9.20 Å². The zero-order chi connectivity index (χ0) is 7.33. The van der Waals surface area contributed by atoms with Gasteiger partial charge in [0.1, 0.15) is 0 Å². The van der Waals surface area contributed by atoms with Crippen molar-refractivity contribution in [3.63, 3.8) is 0 Å². The monoisotopic (exact) mass is 250 g/mol. The van der Waals surface area contributed by atoms with E-state index in [2.05, 4.69) is 3.53 Å². The Morgan fingerprint density at radius 1 is 1.00 bits per heavy atom. The fourth-order valence-electron chi connectivity index (χ4n) is 0.420. The fraction of sp³-hybridized carbons (Fsp3) is 1.00. The third-order valence-corrected chi connectivity index (χ3v) is 5.64. The molecule has 0 spiro atoms. The van der Waals surface area contributed by atoms with Crippen molar-refractivity contribution in [2.45, 2.75) is 0 Å². The summed E-state index contributed by atoms with van der Waals surface area (Å²) in [5.74, 6) is 0. The summed E-state index contributed by atoms with van der Waals surface area (Å²) in [5, 5.41) is 0. The Morgan fingerprint density at radius 3 is 1.33 bits per heavy atom. The van der Waals surface area contributed by atoms with Crippen molar-refractivity contribution >= 4 is 0 Å². The molecule has 0 aromatic heterocycles. The molecule has 0 atom stereocenters. The molecule has 0 aromatic carbocycles. The molecule has 0 amide bonds. The molecule has 4 nitrogen and oxygen atoms in total. The normalized spacial score (nSPS) is 13.8. The summed E-state index contributed by atoms with van der Waals surface area (Å²) in [6, 6.07) is 0. The van der Waals surface area contributed by atoms with Crippen molar-refractivity contribution in [3.8, 4) is 0 Å². The third kappa shape index (κ3) is 2.34. The molecule has 9 heavy (non-hydrogen) atoms. The first-order valence-corrected chi connectivity index (χ1v) is 6.10. The average molecular weight is 250 g/mol. The predicted octanol–water partition coefficient (Wildman–Crippen LogP) is -3.03. The second kappa shape index (κ2) is 4.40. The van der Waals surface area contributed by atoms with Crippen LogP contribution in [0.1, 0.15) is 0 Å². The van der Waals surface area contributed by atoms with Crippen LogP contribution >= 0.6 is 0 Å². The van der Waals surface area contributed by atoms with E-state index in [1.165, 1.54) is 0 Å². The van der Waals surface area contributed by atoms with Gasteiger partial charge in [-0.2, -0.15) is 0 Å². The van der Waals surface area contributed by atoms with E-state index in [0.29, 0.717) is 0 Å².